The van der Waals surface area contributed by atoms with E-state index in [4.69, 9.17) is 9.47 Å². The number of ether oxygens (including phenoxy) is 2. The summed E-state index contributed by atoms with van der Waals surface area (Å²) in [5, 5.41) is 3.54. The van der Waals surface area contributed by atoms with E-state index in [1.54, 1.807) is 7.11 Å². The number of hydrogen-bond donors (Lipinski definition) is 1. The lowest BCUT2D eigenvalue weighted by Gasteiger charge is -2.17. The van der Waals surface area contributed by atoms with E-state index < -0.39 is 0 Å². The summed E-state index contributed by atoms with van der Waals surface area (Å²) in [6.45, 7) is 0. The summed E-state index contributed by atoms with van der Waals surface area (Å²) in [5.74, 6) is 3.34. The van der Waals surface area contributed by atoms with Crippen molar-refractivity contribution in [2.75, 3.05) is 19.5 Å². The highest BCUT2D eigenvalue weighted by molar-refractivity contribution is 5.50. The number of hydrogen-bond acceptors (Lipinski definition) is 4. The number of rotatable bonds is 4. The van der Waals surface area contributed by atoms with Gasteiger partial charge in [0.25, 0.3) is 0 Å². The fourth-order valence-electron chi connectivity index (χ4n) is 3.73. The number of anilines is 1. The number of pyridine rings is 1. The maximum Gasteiger partial charge on any atom is 0.168 e. The molecule has 2 unspecified atom stereocenters. The van der Waals surface area contributed by atoms with Crippen LogP contribution in [0.25, 0.3) is 0 Å². The van der Waals surface area contributed by atoms with Crippen LogP contribution in [0.4, 0.5) is 5.82 Å². The molecule has 4 nitrogen and oxygen atoms in total. The average Bonchev–Trinajstić information content (AvgIpc) is 2.97. The fourth-order valence-corrected chi connectivity index (χ4v) is 3.73. The standard InChI is InChI=1S/C15H22N2O2/c1-18-13-8-10-6-12(7-11(10)9-13)17-15-14(19-2)4-3-5-16-15/h3-5,10-13H,6-9H2,1-2H3,(H,16,17)/t10-,11+,12?,13?. The zero-order valence-electron chi connectivity index (χ0n) is 11.6. The summed E-state index contributed by atoms with van der Waals surface area (Å²) >= 11 is 0. The monoisotopic (exact) mass is 262 g/mol. The summed E-state index contributed by atoms with van der Waals surface area (Å²) in [4.78, 5) is 4.38. The molecule has 0 saturated heterocycles. The number of fused-ring (bicyclic) bond motifs is 1. The molecule has 0 bridgehead atoms. The Kier molecular flexibility index (Phi) is 3.60. The molecule has 0 spiro atoms. The van der Waals surface area contributed by atoms with Crippen LogP contribution in [-0.2, 0) is 4.74 Å². The van der Waals surface area contributed by atoms with Crippen molar-refractivity contribution < 1.29 is 9.47 Å². The van der Waals surface area contributed by atoms with Gasteiger partial charge in [-0.2, -0.15) is 0 Å². The summed E-state index contributed by atoms with van der Waals surface area (Å²) in [5.41, 5.74) is 0. The molecule has 2 aliphatic rings. The van der Waals surface area contributed by atoms with Crippen molar-refractivity contribution in [1.29, 1.82) is 0 Å². The Morgan fingerprint density at radius 2 is 1.89 bits per heavy atom. The second-order valence-electron chi connectivity index (χ2n) is 5.72. The molecule has 1 aromatic rings. The van der Waals surface area contributed by atoms with Gasteiger partial charge in [-0.05, 0) is 49.7 Å². The molecule has 0 aliphatic heterocycles. The van der Waals surface area contributed by atoms with E-state index in [1.807, 2.05) is 25.4 Å². The van der Waals surface area contributed by atoms with E-state index in [2.05, 4.69) is 10.3 Å². The Bertz CT molecular complexity index is 424. The molecule has 0 amide bonds. The molecule has 1 heterocycles. The highest BCUT2D eigenvalue weighted by Gasteiger charge is 2.41. The van der Waals surface area contributed by atoms with Gasteiger partial charge in [-0.25, -0.2) is 4.98 Å². The SMILES string of the molecule is COc1cccnc1NC1C[C@@H]2CC(OC)C[C@@H]2C1. The third-order valence-corrected chi connectivity index (χ3v) is 4.64. The summed E-state index contributed by atoms with van der Waals surface area (Å²) in [7, 11) is 3.52. The van der Waals surface area contributed by atoms with Gasteiger partial charge in [0.1, 0.15) is 0 Å². The van der Waals surface area contributed by atoms with Crippen molar-refractivity contribution >= 4 is 5.82 Å². The van der Waals surface area contributed by atoms with Crippen molar-refractivity contribution in [2.24, 2.45) is 11.8 Å². The third kappa shape index (κ3) is 2.54. The van der Waals surface area contributed by atoms with Gasteiger partial charge in [0.05, 0.1) is 13.2 Å². The van der Waals surface area contributed by atoms with E-state index in [-0.39, 0.29) is 0 Å². The third-order valence-electron chi connectivity index (χ3n) is 4.64. The first kappa shape index (κ1) is 12.7. The largest absolute Gasteiger partial charge is 0.493 e. The van der Waals surface area contributed by atoms with Crippen molar-refractivity contribution in [1.82, 2.24) is 4.98 Å². The molecule has 0 aromatic carbocycles. The van der Waals surface area contributed by atoms with Crippen molar-refractivity contribution in [3.8, 4) is 5.75 Å². The van der Waals surface area contributed by atoms with Crippen LogP contribution in [-0.4, -0.2) is 31.3 Å². The molecule has 4 heteroatoms. The second-order valence-corrected chi connectivity index (χ2v) is 5.72. The van der Waals surface area contributed by atoms with Crippen molar-refractivity contribution in [3.63, 3.8) is 0 Å². The fraction of sp³-hybridized carbons (Fsp3) is 0.667. The van der Waals surface area contributed by atoms with Gasteiger partial charge in [-0.3, -0.25) is 0 Å². The summed E-state index contributed by atoms with van der Waals surface area (Å²) in [6.07, 6.45) is 7.19. The van der Waals surface area contributed by atoms with Gasteiger partial charge < -0.3 is 14.8 Å². The first-order valence-corrected chi connectivity index (χ1v) is 7.08. The minimum atomic E-state index is 0.486. The topological polar surface area (TPSA) is 43.4 Å². The molecule has 104 valence electrons. The maximum atomic E-state index is 5.48. The molecular weight excluding hydrogens is 240 g/mol. The summed E-state index contributed by atoms with van der Waals surface area (Å²) in [6, 6.07) is 4.37. The molecule has 19 heavy (non-hydrogen) atoms. The van der Waals surface area contributed by atoms with Gasteiger partial charge in [0, 0.05) is 19.3 Å². The average molecular weight is 262 g/mol. The van der Waals surface area contributed by atoms with Crippen LogP contribution >= 0.6 is 0 Å². The van der Waals surface area contributed by atoms with Crippen LogP contribution in [0, 0.1) is 11.8 Å². The van der Waals surface area contributed by atoms with E-state index in [0.717, 1.165) is 23.4 Å². The molecule has 2 fully saturated rings. The lowest BCUT2D eigenvalue weighted by molar-refractivity contribution is 0.101. The van der Waals surface area contributed by atoms with Crippen LogP contribution < -0.4 is 10.1 Å². The molecule has 2 saturated carbocycles. The van der Waals surface area contributed by atoms with Crippen LogP contribution in [0.15, 0.2) is 18.3 Å². The lowest BCUT2D eigenvalue weighted by atomic mass is 10.0. The molecule has 3 rings (SSSR count). The predicted molar refractivity (Wildman–Crippen MR) is 74.4 cm³/mol. The Morgan fingerprint density at radius 3 is 2.53 bits per heavy atom. The smallest absolute Gasteiger partial charge is 0.168 e. The van der Waals surface area contributed by atoms with Gasteiger partial charge in [0.2, 0.25) is 0 Å². The van der Waals surface area contributed by atoms with Gasteiger partial charge in [0.15, 0.2) is 11.6 Å². The number of methoxy groups -OCH3 is 2. The Labute approximate surface area is 114 Å². The van der Waals surface area contributed by atoms with Gasteiger partial charge in [-0.15, -0.1) is 0 Å². The highest BCUT2D eigenvalue weighted by Crippen LogP contribution is 2.45. The Balaban J connectivity index is 1.61. The molecule has 4 atom stereocenters. The normalized spacial score (nSPS) is 33.2. The van der Waals surface area contributed by atoms with Gasteiger partial charge in [-0.1, -0.05) is 0 Å². The second kappa shape index (κ2) is 5.37. The Morgan fingerprint density at radius 1 is 1.16 bits per heavy atom. The Hall–Kier alpha value is -1.29. The maximum absolute atomic E-state index is 5.48. The van der Waals surface area contributed by atoms with E-state index in [0.29, 0.717) is 12.1 Å². The van der Waals surface area contributed by atoms with Crippen molar-refractivity contribution in [2.45, 2.75) is 37.8 Å². The first-order valence-electron chi connectivity index (χ1n) is 7.08. The number of aromatic nitrogens is 1. The van der Waals surface area contributed by atoms with Crippen LogP contribution in [0.1, 0.15) is 25.7 Å². The molecular formula is C15H22N2O2. The first-order chi connectivity index (χ1) is 9.30. The molecule has 1 aromatic heterocycles. The van der Waals surface area contributed by atoms with Crippen LogP contribution in [0.5, 0.6) is 5.75 Å². The zero-order chi connectivity index (χ0) is 13.2. The minimum absolute atomic E-state index is 0.486. The van der Waals surface area contributed by atoms with Gasteiger partial charge >= 0.3 is 0 Å². The minimum Gasteiger partial charge on any atom is -0.493 e. The summed E-state index contributed by atoms with van der Waals surface area (Å²) < 4.78 is 10.8. The van der Waals surface area contributed by atoms with Crippen molar-refractivity contribution in [3.05, 3.63) is 18.3 Å². The van der Waals surface area contributed by atoms with E-state index in [9.17, 15) is 0 Å². The number of nitrogens with zero attached hydrogens (tertiary/aromatic N) is 1. The molecule has 1 N–H and O–H groups in total. The van der Waals surface area contributed by atoms with Crippen LogP contribution in [0.2, 0.25) is 0 Å². The number of nitrogens with one attached hydrogen (secondary N) is 1. The predicted octanol–water partition coefficient (Wildman–Crippen LogP) is 2.71. The van der Waals surface area contributed by atoms with E-state index in [1.165, 1.54) is 25.7 Å². The molecule has 2 aliphatic carbocycles. The molecule has 0 radical (unpaired) electrons. The lowest BCUT2D eigenvalue weighted by Crippen LogP contribution is -2.19. The highest BCUT2D eigenvalue weighted by atomic mass is 16.5. The quantitative estimate of drug-likeness (QED) is 0.906. The van der Waals surface area contributed by atoms with Crippen LogP contribution in [0.3, 0.4) is 0 Å². The van der Waals surface area contributed by atoms with E-state index >= 15 is 0 Å². The zero-order valence-corrected chi connectivity index (χ0v) is 11.6.